The fourth-order valence-electron chi connectivity index (χ4n) is 1.91. The minimum Gasteiger partial charge on any atom is -0.352 e. The van der Waals surface area contributed by atoms with Crippen LogP contribution in [0, 0.1) is 5.82 Å². The number of carbonyl (C=O) groups is 1. The lowest BCUT2D eigenvalue weighted by Crippen LogP contribution is -2.27. The van der Waals surface area contributed by atoms with E-state index in [9.17, 15) is 9.18 Å². The molecule has 0 saturated heterocycles. The van der Waals surface area contributed by atoms with Gasteiger partial charge in [-0.2, -0.15) is 0 Å². The fourth-order valence-corrected chi connectivity index (χ4v) is 1.91. The number of nitrogens with one attached hydrogen (secondary N) is 1. The summed E-state index contributed by atoms with van der Waals surface area (Å²) < 4.78 is 12.7. The minimum absolute atomic E-state index is 0.136. The molecule has 0 saturated carbocycles. The monoisotopic (exact) mass is 266 g/mol. The van der Waals surface area contributed by atoms with Gasteiger partial charge in [0.2, 0.25) is 0 Å². The Hall–Kier alpha value is -1.42. The Bertz CT molecular complexity index is 374. The molecule has 1 rings (SSSR count). The first-order chi connectivity index (χ1) is 9.17. The van der Waals surface area contributed by atoms with Crippen molar-refractivity contribution in [3.8, 4) is 0 Å². The van der Waals surface area contributed by atoms with Crippen LogP contribution in [0.4, 0.5) is 4.39 Å². The maximum atomic E-state index is 12.7. The van der Waals surface area contributed by atoms with Crippen molar-refractivity contribution in [2.45, 2.75) is 26.7 Å². The molecule has 1 aromatic rings. The van der Waals surface area contributed by atoms with E-state index in [-0.39, 0.29) is 11.7 Å². The summed E-state index contributed by atoms with van der Waals surface area (Å²) in [5.74, 6) is -0.460. The van der Waals surface area contributed by atoms with Gasteiger partial charge < -0.3 is 10.2 Å². The highest BCUT2D eigenvalue weighted by atomic mass is 19.1. The number of carbonyl (C=O) groups excluding carboxylic acids is 1. The van der Waals surface area contributed by atoms with Crippen molar-refractivity contribution in [3.05, 3.63) is 35.6 Å². The van der Waals surface area contributed by atoms with Gasteiger partial charge in [0.05, 0.1) is 0 Å². The molecule has 0 aliphatic rings. The number of amides is 1. The summed E-state index contributed by atoms with van der Waals surface area (Å²) >= 11 is 0. The number of hydrogen-bond acceptors (Lipinski definition) is 2. The first kappa shape index (κ1) is 15.6. The molecule has 0 unspecified atom stereocenters. The Morgan fingerprint density at radius 2 is 1.79 bits per heavy atom. The third kappa shape index (κ3) is 5.83. The highest BCUT2D eigenvalue weighted by Gasteiger charge is 2.04. The van der Waals surface area contributed by atoms with Crippen LogP contribution in [0.25, 0.3) is 0 Å². The molecule has 0 spiro atoms. The van der Waals surface area contributed by atoms with Crippen molar-refractivity contribution in [1.82, 2.24) is 10.2 Å². The Balaban J connectivity index is 2.19. The second-order valence-corrected chi connectivity index (χ2v) is 4.50. The summed E-state index contributed by atoms with van der Waals surface area (Å²) in [6, 6.07) is 5.60. The first-order valence-corrected chi connectivity index (χ1v) is 6.93. The molecule has 0 heterocycles. The Labute approximate surface area is 114 Å². The van der Waals surface area contributed by atoms with Crippen LogP contribution in [-0.4, -0.2) is 37.0 Å². The minimum atomic E-state index is -0.323. The summed E-state index contributed by atoms with van der Waals surface area (Å²) in [6.07, 6.45) is 2.04. The average molecular weight is 266 g/mol. The van der Waals surface area contributed by atoms with Crippen LogP contribution in [0.5, 0.6) is 0 Å². The highest BCUT2D eigenvalue weighted by Crippen LogP contribution is 2.02. The number of halogens is 1. The zero-order valence-electron chi connectivity index (χ0n) is 11.8. The van der Waals surface area contributed by atoms with E-state index in [4.69, 9.17) is 0 Å². The molecule has 1 N–H and O–H groups in total. The summed E-state index contributed by atoms with van der Waals surface area (Å²) in [6.45, 7) is 8.17. The van der Waals surface area contributed by atoms with Gasteiger partial charge in [0, 0.05) is 12.1 Å². The maximum absolute atomic E-state index is 12.7. The lowest BCUT2D eigenvalue weighted by atomic mass is 10.2. The summed E-state index contributed by atoms with van der Waals surface area (Å²) in [4.78, 5) is 14.1. The van der Waals surface area contributed by atoms with Crippen molar-refractivity contribution in [1.29, 1.82) is 0 Å². The molecule has 19 heavy (non-hydrogen) atoms. The average Bonchev–Trinajstić information content (AvgIpc) is 2.43. The quantitative estimate of drug-likeness (QED) is 0.734. The van der Waals surface area contributed by atoms with Crippen LogP contribution in [0.2, 0.25) is 0 Å². The zero-order valence-corrected chi connectivity index (χ0v) is 11.8. The number of unbranched alkanes of at least 4 members (excludes halogenated alkanes) is 1. The summed E-state index contributed by atoms with van der Waals surface area (Å²) in [7, 11) is 0. The Kier molecular flexibility index (Phi) is 7.11. The largest absolute Gasteiger partial charge is 0.352 e. The van der Waals surface area contributed by atoms with Crippen LogP contribution in [-0.2, 0) is 0 Å². The number of nitrogens with zero attached hydrogens (tertiary/aromatic N) is 1. The number of hydrogen-bond donors (Lipinski definition) is 1. The number of benzene rings is 1. The van der Waals surface area contributed by atoms with Gasteiger partial charge in [-0.1, -0.05) is 13.8 Å². The summed E-state index contributed by atoms with van der Waals surface area (Å²) in [5.41, 5.74) is 0.505. The molecule has 0 radical (unpaired) electrons. The molecule has 0 aliphatic heterocycles. The van der Waals surface area contributed by atoms with Crippen LogP contribution < -0.4 is 5.32 Å². The standard InChI is InChI=1S/C15H23FN2O/c1-3-18(4-2)12-6-5-11-17-15(19)13-7-9-14(16)10-8-13/h7-10H,3-6,11-12H2,1-2H3,(H,17,19). The van der Waals surface area contributed by atoms with Crippen molar-refractivity contribution >= 4 is 5.91 Å². The highest BCUT2D eigenvalue weighted by molar-refractivity contribution is 5.94. The maximum Gasteiger partial charge on any atom is 0.251 e. The van der Waals surface area contributed by atoms with Crippen molar-refractivity contribution in [2.75, 3.05) is 26.2 Å². The molecule has 0 aliphatic carbocycles. The fraction of sp³-hybridized carbons (Fsp3) is 0.533. The Morgan fingerprint density at radius 3 is 2.37 bits per heavy atom. The second-order valence-electron chi connectivity index (χ2n) is 4.50. The molecular formula is C15H23FN2O. The molecular weight excluding hydrogens is 243 g/mol. The van der Waals surface area contributed by atoms with E-state index >= 15 is 0 Å². The van der Waals surface area contributed by atoms with Gasteiger partial charge in [-0.25, -0.2) is 4.39 Å². The molecule has 0 aromatic heterocycles. The van der Waals surface area contributed by atoms with Gasteiger partial charge in [0.15, 0.2) is 0 Å². The van der Waals surface area contributed by atoms with Gasteiger partial charge in [-0.15, -0.1) is 0 Å². The van der Waals surface area contributed by atoms with Crippen LogP contribution >= 0.6 is 0 Å². The predicted octanol–water partition coefficient (Wildman–Crippen LogP) is 2.68. The van der Waals surface area contributed by atoms with Gasteiger partial charge in [0.1, 0.15) is 5.82 Å². The van der Waals surface area contributed by atoms with Crippen molar-refractivity contribution in [3.63, 3.8) is 0 Å². The molecule has 0 atom stereocenters. The topological polar surface area (TPSA) is 32.3 Å². The molecule has 4 heteroatoms. The van der Waals surface area contributed by atoms with E-state index in [0.717, 1.165) is 32.5 Å². The Morgan fingerprint density at radius 1 is 1.16 bits per heavy atom. The molecule has 106 valence electrons. The van der Waals surface area contributed by atoms with Crippen molar-refractivity contribution in [2.24, 2.45) is 0 Å². The molecule has 1 aromatic carbocycles. The van der Waals surface area contributed by atoms with E-state index in [1.165, 1.54) is 24.3 Å². The third-order valence-electron chi connectivity index (χ3n) is 3.19. The third-order valence-corrected chi connectivity index (χ3v) is 3.19. The van der Waals surface area contributed by atoms with Crippen LogP contribution in [0.3, 0.4) is 0 Å². The smallest absolute Gasteiger partial charge is 0.251 e. The predicted molar refractivity (Wildman–Crippen MR) is 75.8 cm³/mol. The summed E-state index contributed by atoms with van der Waals surface area (Å²) in [5, 5.41) is 2.85. The van der Waals surface area contributed by atoms with Gasteiger partial charge in [-0.3, -0.25) is 4.79 Å². The lowest BCUT2D eigenvalue weighted by Gasteiger charge is -2.17. The van der Waals surface area contributed by atoms with Gasteiger partial charge >= 0.3 is 0 Å². The zero-order chi connectivity index (χ0) is 14.1. The normalized spacial score (nSPS) is 10.7. The van der Waals surface area contributed by atoms with Gasteiger partial charge in [-0.05, 0) is 56.7 Å². The van der Waals surface area contributed by atoms with Crippen molar-refractivity contribution < 1.29 is 9.18 Å². The van der Waals surface area contributed by atoms with E-state index in [1.807, 2.05) is 0 Å². The van der Waals surface area contributed by atoms with E-state index in [2.05, 4.69) is 24.1 Å². The van der Waals surface area contributed by atoms with E-state index < -0.39 is 0 Å². The molecule has 0 bridgehead atoms. The molecule has 0 fully saturated rings. The van der Waals surface area contributed by atoms with E-state index in [0.29, 0.717) is 12.1 Å². The van der Waals surface area contributed by atoms with Crippen LogP contribution in [0.1, 0.15) is 37.0 Å². The second kappa shape index (κ2) is 8.64. The number of rotatable bonds is 8. The van der Waals surface area contributed by atoms with E-state index in [1.54, 1.807) is 0 Å². The van der Waals surface area contributed by atoms with Gasteiger partial charge in [0.25, 0.3) is 5.91 Å². The first-order valence-electron chi connectivity index (χ1n) is 6.93. The lowest BCUT2D eigenvalue weighted by molar-refractivity contribution is 0.0952. The SMILES string of the molecule is CCN(CC)CCCCNC(=O)c1ccc(F)cc1. The molecule has 1 amide bonds. The molecule has 3 nitrogen and oxygen atoms in total. The van der Waals surface area contributed by atoms with Crippen LogP contribution in [0.15, 0.2) is 24.3 Å².